The normalized spacial score (nSPS) is 14.1. The number of aromatic amines is 1. The summed E-state index contributed by atoms with van der Waals surface area (Å²) in [5.41, 5.74) is 6.98. The molecule has 0 spiro atoms. The number of imidazole rings is 1. The zero-order chi connectivity index (χ0) is 27.4. The van der Waals surface area contributed by atoms with Crippen molar-refractivity contribution >= 4 is 48.1 Å². The Morgan fingerprint density at radius 1 is 1.03 bits per heavy atom. The Morgan fingerprint density at radius 3 is 2.22 bits per heavy atom. The van der Waals surface area contributed by atoms with Gasteiger partial charge in [-0.05, 0) is 36.1 Å². The molecule has 0 aliphatic carbocycles. The van der Waals surface area contributed by atoms with Crippen molar-refractivity contribution in [3.05, 3.63) is 48.0 Å². The Labute approximate surface area is 224 Å². The Hall–Kier alpha value is -3.23. The van der Waals surface area contributed by atoms with Crippen LogP contribution in [0, 0.1) is 0 Å². The molecule has 4 atom stereocenters. The number of aromatic nitrogens is 2. The van der Waals surface area contributed by atoms with E-state index in [2.05, 4.69) is 38.5 Å². The van der Waals surface area contributed by atoms with Crippen LogP contribution in [0.1, 0.15) is 17.7 Å². The average molecular weight is 553 g/mol. The number of carbonyl (C=O) groups is 4. The summed E-state index contributed by atoms with van der Waals surface area (Å²) in [5.74, 6) is -2.57. The molecule has 12 nitrogen and oxygen atoms in total. The quantitative estimate of drug-likeness (QED) is 0.134. The molecule has 2 aromatic rings. The molecule has 2 rings (SSSR count). The predicted molar refractivity (Wildman–Crippen MR) is 142 cm³/mol. The van der Waals surface area contributed by atoms with Crippen molar-refractivity contribution in [1.29, 1.82) is 0 Å². The topological polar surface area (TPSA) is 200 Å². The maximum atomic E-state index is 13.2. The summed E-state index contributed by atoms with van der Waals surface area (Å²) in [4.78, 5) is 57.0. The largest absolute Gasteiger partial charge is 0.508 e. The first-order chi connectivity index (χ1) is 17.6. The van der Waals surface area contributed by atoms with E-state index in [0.717, 1.165) is 0 Å². The molecule has 8 N–H and O–H groups in total. The fraction of sp³-hybridized carbons (Fsp3) is 0.435. The molecular formula is C23H32N6O6S2. The van der Waals surface area contributed by atoms with Crippen molar-refractivity contribution in [1.82, 2.24) is 25.9 Å². The van der Waals surface area contributed by atoms with Crippen LogP contribution in [0.3, 0.4) is 0 Å². The summed E-state index contributed by atoms with van der Waals surface area (Å²) in [6.07, 6.45) is 5.09. The van der Waals surface area contributed by atoms with Crippen molar-refractivity contribution in [2.75, 3.05) is 17.8 Å². The number of aromatic hydroxyl groups is 1. The molecule has 0 bridgehead atoms. The molecule has 0 fully saturated rings. The van der Waals surface area contributed by atoms with Gasteiger partial charge in [-0.3, -0.25) is 14.4 Å². The van der Waals surface area contributed by atoms with Crippen LogP contribution in [-0.4, -0.2) is 85.8 Å². The third-order valence-electron chi connectivity index (χ3n) is 5.39. The number of nitrogens with zero attached hydrogens (tertiary/aromatic N) is 1. The van der Waals surface area contributed by atoms with Gasteiger partial charge < -0.3 is 36.9 Å². The van der Waals surface area contributed by atoms with E-state index >= 15 is 0 Å². The number of H-pyrrole nitrogens is 1. The van der Waals surface area contributed by atoms with Crippen molar-refractivity contribution in [3.63, 3.8) is 0 Å². The van der Waals surface area contributed by atoms with Crippen LogP contribution >= 0.6 is 24.4 Å². The van der Waals surface area contributed by atoms with E-state index in [4.69, 9.17) is 5.73 Å². The first-order valence-electron chi connectivity index (χ1n) is 11.4. The maximum Gasteiger partial charge on any atom is 0.326 e. The summed E-state index contributed by atoms with van der Waals surface area (Å²) >= 11 is 5.69. The molecule has 14 heteroatoms. The lowest BCUT2D eigenvalue weighted by molar-refractivity contribution is -0.142. The van der Waals surface area contributed by atoms with Crippen LogP contribution in [0.25, 0.3) is 0 Å². The van der Waals surface area contributed by atoms with E-state index in [-0.39, 0.29) is 24.3 Å². The van der Waals surface area contributed by atoms with Crippen LogP contribution in [0.15, 0.2) is 36.8 Å². The molecule has 3 amide bonds. The molecule has 0 radical (unpaired) electrons. The van der Waals surface area contributed by atoms with Gasteiger partial charge in [0.1, 0.15) is 23.9 Å². The number of nitrogens with one attached hydrogen (secondary N) is 4. The van der Waals surface area contributed by atoms with E-state index < -0.39 is 47.9 Å². The molecule has 1 aromatic carbocycles. The number of carboxylic acids is 1. The lowest BCUT2D eigenvalue weighted by Gasteiger charge is -2.24. The number of hydrogen-bond acceptors (Lipinski definition) is 9. The van der Waals surface area contributed by atoms with E-state index in [1.165, 1.54) is 36.4 Å². The van der Waals surface area contributed by atoms with Crippen LogP contribution < -0.4 is 21.7 Å². The molecule has 4 unspecified atom stereocenters. The van der Waals surface area contributed by atoms with Gasteiger partial charge in [0.2, 0.25) is 17.7 Å². The van der Waals surface area contributed by atoms with Gasteiger partial charge in [-0.1, -0.05) is 12.1 Å². The number of nitrogens with two attached hydrogens (primary N) is 1. The van der Waals surface area contributed by atoms with Crippen LogP contribution in [0.5, 0.6) is 5.75 Å². The second-order valence-corrected chi connectivity index (χ2v) is 9.59. The van der Waals surface area contributed by atoms with Crippen molar-refractivity contribution < 1.29 is 29.4 Å². The van der Waals surface area contributed by atoms with Crippen LogP contribution in [-0.2, 0) is 32.0 Å². The lowest BCUT2D eigenvalue weighted by Crippen LogP contribution is -2.58. The maximum absolute atomic E-state index is 13.2. The SMILES string of the molecule is CSCCC(N)C(=O)NC(CS)C(=O)NC(Cc1ccc(O)cc1)C(=O)NC(Cc1cnc[nH]1)C(=O)O. The number of amides is 3. The van der Waals surface area contributed by atoms with E-state index in [0.29, 0.717) is 23.4 Å². The minimum absolute atomic E-state index is 0.00523. The number of rotatable bonds is 15. The smallest absolute Gasteiger partial charge is 0.326 e. The molecule has 0 aliphatic rings. The van der Waals surface area contributed by atoms with E-state index in [1.54, 1.807) is 12.1 Å². The molecule has 1 heterocycles. The van der Waals surface area contributed by atoms with Gasteiger partial charge in [0, 0.05) is 30.5 Å². The molecule has 202 valence electrons. The summed E-state index contributed by atoms with van der Waals surface area (Å²) in [5, 5.41) is 26.7. The molecular weight excluding hydrogens is 520 g/mol. The number of phenolic OH excluding ortho intramolecular Hbond substituents is 1. The number of carboxylic acid groups (broad SMARTS) is 1. The summed E-state index contributed by atoms with van der Waals surface area (Å²) in [6.45, 7) is 0. The predicted octanol–water partition coefficient (Wildman–Crippen LogP) is -0.550. The highest BCUT2D eigenvalue weighted by atomic mass is 32.2. The highest BCUT2D eigenvalue weighted by molar-refractivity contribution is 7.98. The number of carbonyl (C=O) groups excluding carboxylic acids is 3. The highest BCUT2D eigenvalue weighted by Gasteiger charge is 2.30. The van der Waals surface area contributed by atoms with Crippen molar-refractivity contribution in [2.45, 2.75) is 43.4 Å². The fourth-order valence-electron chi connectivity index (χ4n) is 3.29. The van der Waals surface area contributed by atoms with Gasteiger partial charge in [-0.25, -0.2) is 9.78 Å². The van der Waals surface area contributed by atoms with Gasteiger partial charge in [-0.2, -0.15) is 24.4 Å². The molecule has 0 saturated carbocycles. The van der Waals surface area contributed by atoms with Gasteiger partial charge >= 0.3 is 5.97 Å². The number of aliphatic carboxylic acids is 1. The third-order valence-corrected chi connectivity index (χ3v) is 6.40. The Bertz CT molecular complexity index is 1040. The number of phenols is 1. The Balaban J connectivity index is 2.17. The zero-order valence-electron chi connectivity index (χ0n) is 20.2. The first kappa shape index (κ1) is 30.0. The first-order valence-corrected chi connectivity index (χ1v) is 13.4. The average Bonchev–Trinajstić information content (AvgIpc) is 3.39. The number of thiol groups is 1. The molecule has 1 aromatic heterocycles. The second kappa shape index (κ2) is 15.1. The minimum atomic E-state index is -1.29. The Morgan fingerprint density at radius 2 is 1.65 bits per heavy atom. The third kappa shape index (κ3) is 9.98. The zero-order valence-corrected chi connectivity index (χ0v) is 21.9. The van der Waals surface area contributed by atoms with Crippen molar-refractivity contribution in [3.8, 4) is 5.75 Å². The van der Waals surface area contributed by atoms with Crippen LogP contribution in [0.2, 0.25) is 0 Å². The van der Waals surface area contributed by atoms with Crippen LogP contribution in [0.4, 0.5) is 0 Å². The van der Waals surface area contributed by atoms with E-state index in [1.807, 2.05) is 6.26 Å². The highest BCUT2D eigenvalue weighted by Crippen LogP contribution is 2.12. The van der Waals surface area contributed by atoms with Crippen molar-refractivity contribution in [2.24, 2.45) is 5.73 Å². The lowest BCUT2D eigenvalue weighted by atomic mass is 10.0. The number of benzene rings is 1. The van der Waals surface area contributed by atoms with E-state index in [9.17, 15) is 29.4 Å². The Kier molecular flexibility index (Phi) is 12.3. The number of hydrogen-bond donors (Lipinski definition) is 8. The summed E-state index contributed by atoms with van der Waals surface area (Å²) in [7, 11) is 0. The van der Waals surface area contributed by atoms with Gasteiger partial charge in [0.25, 0.3) is 0 Å². The second-order valence-electron chi connectivity index (χ2n) is 8.24. The van der Waals surface area contributed by atoms with Gasteiger partial charge in [-0.15, -0.1) is 0 Å². The van der Waals surface area contributed by atoms with Gasteiger partial charge in [0.15, 0.2) is 0 Å². The molecule has 0 saturated heterocycles. The molecule has 37 heavy (non-hydrogen) atoms. The van der Waals surface area contributed by atoms with Gasteiger partial charge in [0.05, 0.1) is 12.4 Å². The monoisotopic (exact) mass is 552 g/mol. The number of thioether (sulfide) groups is 1. The summed E-state index contributed by atoms with van der Waals surface area (Å²) in [6, 6.07) is 1.64. The summed E-state index contributed by atoms with van der Waals surface area (Å²) < 4.78 is 0. The minimum Gasteiger partial charge on any atom is -0.508 e. The molecule has 0 aliphatic heterocycles. The standard InChI is InChI=1S/C23H32N6O6S2/c1-37-7-6-16(24)20(31)29-19(11-36)22(33)27-17(8-13-2-4-15(30)5-3-13)21(32)28-18(23(34)35)9-14-10-25-12-26-14/h2-5,10,12,16-19,30,36H,6-9,11,24H2,1H3,(H,25,26)(H,27,33)(H,28,32)(H,29,31)(H,34,35). The fourth-order valence-corrected chi connectivity index (χ4v) is 4.03.